The zero-order chi connectivity index (χ0) is 16.4. The molecule has 4 rings (SSSR count). The van der Waals surface area contributed by atoms with Crippen LogP contribution in [0.3, 0.4) is 0 Å². The summed E-state index contributed by atoms with van der Waals surface area (Å²) in [4.78, 5) is 12.4. The van der Waals surface area contributed by atoms with Gasteiger partial charge >= 0.3 is 0 Å². The highest BCUT2D eigenvalue weighted by molar-refractivity contribution is 5.90. The van der Waals surface area contributed by atoms with Crippen molar-refractivity contribution in [3.63, 3.8) is 0 Å². The van der Waals surface area contributed by atoms with Gasteiger partial charge in [0, 0.05) is 22.8 Å². The number of aromatic nitrogens is 2. The van der Waals surface area contributed by atoms with E-state index in [2.05, 4.69) is 39.8 Å². The van der Waals surface area contributed by atoms with Gasteiger partial charge in [0.05, 0.1) is 19.1 Å². The lowest BCUT2D eigenvalue weighted by Gasteiger charge is -2.19. The van der Waals surface area contributed by atoms with Crippen molar-refractivity contribution in [1.29, 1.82) is 0 Å². The average molecular weight is 321 g/mol. The summed E-state index contributed by atoms with van der Waals surface area (Å²) in [6.07, 6.45) is 3.75. The molecule has 2 heterocycles. The van der Waals surface area contributed by atoms with E-state index in [9.17, 15) is 4.79 Å². The molecule has 0 radical (unpaired) electrons. The van der Waals surface area contributed by atoms with Crippen LogP contribution in [0.15, 0.2) is 48.7 Å². The number of fused-ring (bicyclic) bond motifs is 3. The number of H-pyrrole nitrogens is 1. The highest BCUT2D eigenvalue weighted by Crippen LogP contribution is 2.37. The van der Waals surface area contributed by atoms with Crippen molar-refractivity contribution in [2.45, 2.75) is 25.3 Å². The van der Waals surface area contributed by atoms with Crippen LogP contribution in [0.4, 0.5) is 0 Å². The second-order valence-corrected chi connectivity index (χ2v) is 6.07. The second kappa shape index (κ2) is 6.35. The van der Waals surface area contributed by atoms with Crippen LogP contribution >= 0.6 is 0 Å². The van der Waals surface area contributed by atoms with Gasteiger partial charge in [-0.25, -0.2) is 0 Å². The van der Waals surface area contributed by atoms with Crippen LogP contribution in [0.5, 0.6) is 5.75 Å². The van der Waals surface area contributed by atoms with E-state index < -0.39 is 0 Å². The normalized spacial score (nSPS) is 16.9. The third-order valence-corrected chi connectivity index (χ3v) is 4.41. The van der Waals surface area contributed by atoms with Gasteiger partial charge in [0.1, 0.15) is 5.75 Å². The molecule has 5 heteroatoms. The predicted molar refractivity (Wildman–Crippen MR) is 91.9 cm³/mol. The molecule has 5 nitrogen and oxygen atoms in total. The van der Waals surface area contributed by atoms with Crippen molar-refractivity contribution < 1.29 is 9.53 Å². The molecule has 0 saturated carbocycles. The van der Waals surface area contributed by atoms with E-state index in [1.54, 1.807) is 6.20 Å². The summed E-state index contributed by atoms with van der Waals surface area (Å²) in [6.45, 7) is 0.675. The average Bonchev–Trinajstić information content (AvgIpc) is 3.01. The number of benzene rings is 2. The minimum Gasteiger partial charge on any atom is -0.493 e. The molecule has 1 atom stereocenters. The van der Waals surface area contributed by atoms with E-state index in [0.717, 1.165) is 40.6 Å². The van der Waals surface area contributed by atoms with Crippen molar-refractivity contribution in [3.05, 3.63) is 59.9 Å². The molecule has 0 saturated heterocycles. The molecule has 0 bridgehead atoms. The van der Waals surface area contributed by atoms with Gasteiger partial charge in [-0.15, -0.1) is 0 Å². The molecule has 1 aliphatic rings. The van der Waals surface area contributed by atoms with Crippen LogP contribution in [0.25, 0.3) is 10.8 Å². The lowest BCUT2D eigenvalue weighted by atomic mass is 9.98. The summed E-state index contributed by atoms with van der Waals surface area (Å²) in [7, 11) is 0. The quantitative estimate of drug-likeness (QED) is 0.779. The van der Waals surface area contributed by atoms with Crippen LogP contribution in [0.1, 0.15) is 30.1 Å². The molecule has 0 fully saturated rings. The third kappa shape index (κ3) is 2.85. The standard InChI is InChI=1S/C19H19N3O2/c23-18(12-14-9-10-20-22-14)21-17-6-3-11-24-19-15-5-2-1-4-13(15)7-8-16(17)19/h1-2,4-5,7-10,17H,3,6,11-12H2,(H,20,22)(H,21,23)/t17-/m0/s1. The monoisotopic (exact) mass is 321 g/mol. The molecule has 1 aromatic heterocycles. The maximum Gasteiger partial charge on any atom is 0.226 e. The van der Waals surface area contributed by atoms with Gasteiger partial charge in [-0.05, 0) is 24.3 Å². The van der Waals surface area contributed by atoms with E-state index >= 15 is 0 Å². The number of carbonyl (C=O) groups excluding carboxylic acids is 1. The van der Waals surface area contributed by atoms with Gasteiger partial charge in [-0.3, -0.25) is 9.89 Å². The van der Waals surface area contributed by atoms with Gasteiger partial charge in [-0.2, -0.15) is 5.10 Å². The number of hydrogen-bond acceptors (Lipinski definition) is 3. The van der Waals surface area contributed by atoms with Gasteiger partial charge in [0.2, 0.25) is 5.91 Å². The number of aromatic amines is 1. The number of rotatable bonds is 3. The molecule has 2 N–H and O–H groups in total. The van der Waals surface area contributed by atoms with Crippen LogP contribution in [-0.2, 0) is 11.2 Å². The first-order valence-corrected chi connectivity index (χ1v) is 8.23. The first-order chi connectivity index (χ1) is 11.8. The maximum absolute atomic E-state index is 12.4. The summed E-state index contributed by atoms with van der Waals surface area (Å²) in [6, 6.07) is 14.1. The Bertz CT molecular complexity index is 858. The molecule has 3 aromatic rings. The molecule has 0 unspecified atom stereocenters. The summed E-state index contributed by atoms with van der Waals surface area (Å²) in [5.41, 5.74) is 1.88. The Hall–Kier alpha value is -2.82. The minimum absolute atomic E-state index is 0.00902. The van der Waals surface area contributed by atoms with Crippen molar-refractivity contribution in [1.82, 2.24) is 15.5 Å². The smallest absolute Gasteiger partial charge is 0.226 e. The Morgan fingerprint density at radius 1 is 1.25 bits per heavy atom. The maximum atomic E-state index is 12.4. The minimum atomic E-state index is -0.0254. The lowest BCUT2D eigenvalue weighted by Crippen LogP contribution is -2.29. The molecule has 0 aliphatic carbocycles. The van der Waals surface area contributed by atoms with Gasteiger partial charge in [0.15, 0.2) is 0 Å². The van der Waals surface area contributed by atoms with Gasteiger partial charge in [-0.1, -0.05) is 36.4 Å². The number of ether oxygens (including phenoxy) is 1. The predicted octanol–water partition coefficient (Wildman–Crippen LogP) is 3.14. The fourth-order valence-corrected chi connectivity index (χ4v) is 3.26. The Morgan fingerprint density at radius 2 is 2.17 bits per heavy atom. The highest BCUT2D eigenvalue weighted by atomic mass is 16.5. The molecular formula is C19H19N3O2. The number of amides is 1. The zero-order valence-corrected chi connectivity index (χ0v) is 13.3. The number of hydrogen-bond donors (Lipinski definition) is 2. The van der Waals surface area contributed by atoms with E-state index in [-0.39, 0.29) is 11.9 Å². The molecule has 2 aromatic carbocycles. The summed E-state index contributed by atoms with van der Waals surface area (Å²) in [5.74, 6) is 0.891. The first kappa shape index (κ1) is 14.8. The van der Waals surface area contributed by atoms with Crippen molar-refractivity contribution in [2.24, 2.45) is 0 Å². The molecule has 122 valence electrons. The van der Waals surface area contributed by atoms with E-state index in [1.165, 1.54) is 0 Å². The topological polar surface area (TPSA) is 67.0 Å². The van der Waals surface area contributed by atoms with E-state index in [0.29, 0.717) is 13.0 Å². The van der Waals surface area contributed by atoms with Crippen molar-refractivity contribution in [2.75, 3.05) is 6.61 Å². The van der Waals surface area contributed by atoms with Crippen LogP contribution in [0.2, 0.25) is 0 Å². The lowest BCUT2D eigenvalue weighted by molar-refractivity contribution is -0.121. The molecule has 1 aliphatic heterocycles. The highest BCUT2D eigenvalue weighted by Gasteiger charge is 2.23. The fourth-order valence-electron chi connectivity index (χ4n) is 3.26. The Morgan fingerprint density at radius 3 is 3.04 bits per heavy atom. The molecule has 24 heavy (non-hydrogen) atoms. The molecular weight excluding hydrogens is 302 g/mol. The Labute approximate surface area is 140 Å². The van der Waals surface area contributed by atoms with Crippen molar-refractivity contribution in [3.8, 4) is 5.75 Å². The van der Waals surface area contributed by atoms with Crippen LogP contribution in [-0.4, -0.2) is 22.7 Å². The number of nitrogens with one attached hydrogen (secondary N) is 2. The van der Waals surface area contributed by atoms with Crippen LogP contribution in [0, 0.1) is 0 Å². The summed E-state index contributed by atoms with van der Waals surface area (Å²) < 4.78 is 6.01. The van der Waals surface area contributed by atoms with Crippen molar-refractivity contribution >= 4 is 16.7 Å². The third-order valence-electron chi connectivity index (χ3n) is 4.41. The SMILES string of the molecule is O=C(Cc1ccn[nH]1)N[C@H]1CCCOc2c1ccc1ccccc21. The second-order valence-electron chi connectivity index (χ2n) is 6.07. The largest absolute Gasteiger partial charge is 0.493 e. The van der Waals surface area contributed by atoms with E-state index in [1.807, 2.05) is 18.2 Å². The summed E-state index contributed by atoms with van der Waals surface area (Å²) >= 11 is 0. The Kier molecular flexibility index (Phi) is 3.91. The first-order valence-electron chi connectivity index (χ1n) is 8.23. The van der Waals surface area contributed by atoms with E-state index in [4.69, 9.17) is 4.74 Å². The Balaban J connectivity index is 1.63. The zero-order valence-electron chi connectivity index (χ0n) is 13.3. The van der Waals surface area contributed by atoms with Gasteiger partial charge in [0.25, 0.3) is 0 Å². The number of carbonyl (C=O) groups is 1. The molecule has 1 amide bonds. The van der Waals surface area contributed by atoms with Gasteiger partial charge < -0.3 is 10.1 Å². The fraction of sp³-hybridized carbons (Fsp3) is 0.263. The summed E-state index contributed by atoms with van der Waals surface area (Å²) in [5, 5.41) is 12.1. The molecule has 0 spiro atoms. The number of nitrogens with zero attached hydrogens (tertiary/aromatic N) is 1. The van der Waals surface area contributed by atoms with Crippen LogP contribution < -0.4 is 10.1 Å².